The van der Waals surface area contributed by atoms with E-state index in [0.29, 0.717) is 11.4 Å². The van der Waals surface area contributed by atoms with Crippen LogP contribution in [0.15, 0.2) is 23.1 Å². The van der Waals surface area contributed by atoms with Crippen LogP contribution in [-0.2, 0) is 16.4 Å². The van der Waals surface area contributed by atoms with Crippen LogP contribution in [0.3, 0.4) is 0 Å². The molecule has 0 atom stereocenters. The van der Waals surface area contributed by atoms with Crippen LogP contribution in [-0.4, -0.2) is 33.5 Å². The lowest BCUT2D eigenvalue weighted by Gasteiger charge is -2.07. The molecule has 0 radical (unpaired) electrons. The van der Waals surface area contributed by atoms with Crippen LogP contribution in [0.5, 0.6) is 0 Å². The normalized spacial score (nSPS) is 14.4. The number of nitrogens with one attached hydrogen (secondary N) is 2. The maximum Gasteiger partial charge on any atom is 0.240 e. The largest absolute Gasteiger partial charge is 0.384 e. The summed E-state index contributed by atoms with van der Waals surface area (Å²) >= 11 is 1.62. The maximum atomic E-state index is 12.0. The Bertz CT molecular complexity index is 500. The topological polar surface area (TPSA) is 58.2 Å². The summed E-state index contributed by atoms with van der Waals surface area (Å²) in [7, 11) is -3.36. The molecule has 2 rings (SSSR count). The van der Waals surface area contributed by atoms with E-state index < -0.39 is 10.0 Å². The van der Waals surface area contributed by atoms with Crippen LogP contribution >= 0.6 is 11.8 Å². The predicted molar refractivity (Wildman–Crippen MR) is 72.2 cm³/mol. The number of thioether (sulfide) groups is 1. The fourth-order valence-electron chi connectivity index (χ4n) is 1.80. The van der Waals surface area contributed by atoms with Crippen LogP contribution in [0.2, 0.25) is 0 Å². The van der Waals surface area contributed by atoms with Crippen molar-refractivity contribution in [2.24, 2.45) is 0 Å². The fraction of sp³-hybridized carbons (Fsp3) is 0.455. The van der Waals surface area contributed by atoms with Gasteiger partial charge in [0.1, 0.15) is 0 Å². The fourth-order valence-corrected chi connectivity index (χ4v) is 3.29. The molecular weight excluding hydrogens is 256 g/mol. The van der Waals surface area contributed by atoms with Crippen molar-refractivity contribution in [2.45, 2.75) is 11.3 Å². The molecule has 0 aromatic heterocycles. The van der Waals surface area contributed by atoms with Crippen molar-refractivity contribution in [1.82, 2.24) is 4.72 Å². The summed E-state index contributed by atoms with van der Waals surface area (Å²) in [6.07, 6.45) is 2.92. The Morgan fingerprint density at radius 3 is 3.06 bits per heavy atom. The Labute approximate surface area is 106 Å². The second kappa shape index (κ2) is 5.29. The molecule has 4 nitrogen and oxygen atoms in total. The van der Waals surface area contributed by atoms with E-state index in [0.717, 1.165) is 24.4 Å². The van der Waals surface area contributed by atoms with Crippen molar-refractivity contribution >= 4 is 27.5 Å². The molecule has 94 valence electrons. The Hall–Kier alpha value is -0.720. The van der Waals surface area contributed by atoms with Gasteiger partial charge in [0.25, 0.3) is 0 Å². The first kappa shape index (κ1) is 12.7. The number of anilines is 1. The average Bonchev–Trinajstić information content (AvgIpc) is 2.76. The first-order chi connectivity index (χ1) is 8.13. The lowest BCUT2D eigenvalue weighted by Crippen LogP contribution is -2.26. The molecule has 0 fully saturated rings. The van der Waals surface area contributed by atoms with Crippen molar-refractivity contribution in [1.29, 1.82) is 0 Å². The molecular formula is C11H16N2O2S2. The minimum Gasteiger partial charge on any atom is -0.384 e. The summed E-state index contributed by atoms with van der Waals surface area (Å²) in [5, 5.41) is 3.18. The van der Waals surface area contributed by atoms with E-state index in [9.17, 15) is 8.42 Å². The van der Waals surface area contributed by atoms with E-state index in [4.69, 9.17) is 0 Å². The molecule has 0 unspecified atom stereocenters. The number of hydrogen-bond acceptors (Lipinski definition) is 4. The lowest BCUT2D eigenvalue weighted by atomic mass is 10.2. The highest BCUT2D eigenvalue weighted by Gasteiger charge is 2.17. The highest BCUT2D eigenvalue weighted by Crippen LogP contribution is 2.25. The molecule has 0 saturated carbocycles. The number of sulfonamides is 1. The molecule has 0 bridgehead atoms. The van der Waals surface area contributed by atoms with Gasteiger partial charge in [0.15, 0.2) is 0 Å². The summed E-state index contributed by atoms with van der Waals surface area (Å²) in [6.45, 7) is 1.35. The van der Waals surface area contributed by atoms with Gasteiger partial charge in [0.05, 0.1) is 4.90 Å². The van der Waals surface area contributed by atoms with Gasteiger partial charge in [0.2, 0.25) is 10.0 Å². The summed E-state index contributed by atoms with van der Waals surface area (Å²) < 4.78 is 26.5. The Kier molecular flexibility index (Phi) is 3.96. The summed E-state index contributed by atoms with van der Waals surface area (Å²) in [6, 6.07) is 5.27. The molecule has 0 amide bonds. The van der Waals surface area contributed by atoms with E-state index in [1.807, 2.05) is 12.3 Å². The molecule has 0 spiro atoms. The SMILES string of the molecule is CSCCNS(=O)(=O)c1ccc2c(c1)NCC2. The molecule has 1 aromatic rings. The number of benzene rings is 1. The van der Waals surface area contributed by atoms with E-state index in [1.54, 1.807) is 23.9 Å². The summed E-state index contributed by atoms with van der Waals surface area (Å²) in [5.74, 6) is 0.780. The van der Waals surface area contributed by atoms with Gasteiger partial charge in [0, 0.05) is 24.5 Å². The first-order valence-corrected chi connectivity index (χ1v) is 8.36. The Morgan fingerprint density at radius 2 is 2.29 bits per heavy atom. The van der Waals surface area contributed by atoms with Crippen LogP contribution in [0.25, 0.3) is 0 Å². The zero-order chi connectivity index (χ0) is 12.3. The van der Waals surface area contributed by atoms with Crippen LogP contribution in [0.1, 0.15) is 5.56 Å². The van der Waals surface area contributed by atoms with Gasteiger partial charge in [-0.05, 0) is 30.4 Å². The molecule has 0 saturated heterocycles. The summed E-state index contributed by atoms with van der Waals surface area (Å²) in [4.78, 5) is 0.340. The first-order valence-electron chi connectivity index (χ1n) is 5.49. The minimum absolute atomic E-state index is 0.340. The number of fused-ring (bicyclic) bond motifs is 1. The van der Waals surface area contributed by atoms with Gasteiger partial charge < -0.3 is 5.32 Å². The van der Waals surface area contributed by atoms with E-state index in [-0.39, 0.29) is 0 Å². The second-order valence-corrected chi connectivity index (χ2v) is 6.64. The maximum absolute atomic E-state index is 12.0. The second-order valence-electron chi connectivity index (χ2n) is 3.89. The van der Waals surface area contributed by atoms with E-state index in [1.165, 1.54) is 5.56 Å². The predicted octanol–water partition coefficient (Wildman–Crippen LogP) is 1.30. The molecule has 0 aliphatic carbocycles. The Morgan fingerprint density at radius 1 is 1.47 bits per heavy atom. The standard InChI is InChI=1S/C11H16N2O2S2/c1-16-7-6-13-17(14,15)10-3-2-9-4-5-12-11(9)8-10/h2-3,8,12-13H,4-7H2,1H3. The molecule has 6 heteroatoms. The highest BCUT2D eigenvalue weighted by molar-refractivity contribution is 7.98. The molecule has 17 heavy (non-hydrogen) atoms. The average molecular weight is 272 g/mol. The molecule has 1 aliphatic heterocycles. The smallest absolute Gasteiger partial charge is 0.240 e. The molecule has 1 aliphatic rings. The summed E-state index contributed by atoms with van der Waals surface area (Å²) in [5.41, 5.74) is 2.13. The van der Waals surface area contributed by atoms with Gasteiger partial charge >= 0.3 is 0 Å². The van der Waals surface area contributed by atoms with Crippen LogP contribution < -0.4 is 10.0 Å². The van der Waals surface area contributed by atoms with Gasteiger partial charge in [-0.3, -0.25) is 0 Å². The van der Waals surface area contributed by atoms with E-state index >= 15 is 0 Å². The van der Waals surface area contributed by atoms with Gasteiger partial charge in [-0.15, -0.1) is 0 Å². The molecule has 1 aromatic carbocycles. The zero-order valence-corrected chi connectivity index (χ0v) is 11.3. The van der Waals surface area contributed by atoms with Crippen molar-refractivity contribution in [3.63, 3.8) is 0 Å². The van der Waals surface area contributed by atoms with Crippen molar-refractivity contribution in [2.75, 3.05) is 30.4 Å². The van der Waals surface area contributed by atoms with Gasteiger partial charge in [-0.25, -0.2) is 13.1 Å². The van der Waals surface area contributed by atoms with Gasteiger partial charge in [-0.1, -0.05) is 6.07 Å². The quantitative estimate of drug-likeness (QED) is 0.793. The van der Waals surface area contributed by atoms with Crippen molar-refractivity contribution in [3.8, 4) is 0 Å². The minimum atomic E-state index is -3.36. The van der Waals surface area contributed by atoms with Gasteiger partial charge in [-0.2, -0.15) is 11.8 Å². The third kappa shape index (κ3) is 2.94. The third-order valence-electron chi connectivity index (χ3n) is 2.70. The van der Waals surface area contributed by atoms with Crippen molar-refractivity contribution in [3.05, 3.63) is 23.8 Å². The number of hydrogen-bond donors (Lipinski definition) is 2. The highest BCUT2D eigenvalue weighted by atomic mass is 32.2. The number of rotatable bonds is 5. The third-order valence-corrected chi connectivity index (χ3v) is 4.77. The van der Waals surface area contributed by atoms with E-state index in [2.05, 4.69) is 10.0 Å². The molecule has 1 heterocycles. The van der Waals surface area contributed by atoms with Crippen molar-refractivity contribution < 1.29 is 8.42 Å². The lowest BCUT2D eigenvalue weighted by molar-refractivity contribution is 0.584. The Balaban J connectivity index is 2.16. The van der Waals surface area contributed by atoms with Crippen LogP contribution in [0, 0.1) is 0 Å². The van der Waals surface area contributed by atoms with Crippen LogP contribution in [0.4, 0.5) is 5.69 Å². The zero-order valence-electron chi connectivity index (χ0n) is 9.69. The molecule has 2 N–H and O–H groups in total. The monoisotopic (exact) mass is 272 g/mol.